The van der Waals surface area contributed by atoms with Gasteiger partial charge in [-0.15, -0.1) is 0 Å². The van der Waals surface area contributed by atoms with Crippen molar-refractivity contribution in [2.24, 2.45) is 5.92 Å². The molecule has 2 aliphatic heterocycles. The van der Waals surface area contributed by atoms with Crippen LogP contribution in [0.1, 0.15) is 58.4 Å². The fourth-order valence-corrected chi connectivity index (χ4v) is 4.69. The molecule has 1 atom stereocenters. The van der Waals surface area contributed by atoms with Gasteiger partial charge in [-0.05, 0) is 82.8 Å². The van der Waals surface area contributed by atoms with E-state index in [-0.39, 0.29) is 0 Å². The zero-order valence-electron chi connectivity index (χ0n) is 17.6. The number of nitrogens with zero attached hydrogens (tertiary/aromatic N) is 3. The molecule has 1 aromatic rings. The maximum Gasteiger partial charge on any atom is 0.0366 e. The Morgan fingerprint density at radius 1 is 0.962 bits per heavy atom. The van der Waals surface area contributed by atoms with Crippen molar-refractivity contribution in [1.82, 2.24) is 9.80 Å². The summed E-state index contributed by atoms with van der Waals surface area (Å²) in [5.41, 5.74) is 2.85. The van der Waals surface area contributed by atoms with Gasteiger partial charge in [0.15, 0.2) is 0 Å². The third-order valence-corrected chi connectivity index (χ3v) is 6.61. The van der Waals surface area contributed by atoms with Gasteiger partial charge in [0.25, 0.3) is 0 Å². The van der Waals surface area contributed by atoms with Gasteiger partial charge in [-0.1, -0.05) is 26.0 Å². The molecule has 0 amide bonds. The normalized spacial score (nSPS) is 22.9. The van der Waals surface area contributed by atoms with Gasteiger partial charge >= 0.3 is 0 Å². The molecule has 3 rings (SSSR count). The molecular formula is C23H39N3. The van der Waals surface area contributed by atoms with Crippen molar-refractivity contribution >= 4 is 5.69 Å². The van der Waals surface area contributed by atoms with Gasteiger partial charge in [-0.2, -0.15) is 0 Å². The summed E-state index contributed by atoms with van der Waals surface area (Å²) >= 11 is 0. The van der Waals surface area contributed by atoms with Crippen LogP contribution in [0.2, 0.25) is 0 Å². The third-order valence-electron chi connectivity index (χ3n) is 6.61. The van der Waals surface area contributed by atoms with Gasteiger partial charge in [-0.3, -0.25) is 0 Å². The highest BCUT2D eigenvalue weighted by Gasteiger charge is 2.28. The van der Waals surface area contributed by atoms with Crippen molar-refractivity contribution < 1.29 is 0 Å². The van der Waals surface area contributed by atoms with Crippen molar-refractivity contribution in [2.45, 2.75) is 65.0 Å². The number of benzene rings is 1. The van der Waals surface area contributed by atoms with Crippen LogP contribution < -0.4 is 4.90 Å². The average molecular weight is 358 g/mol. The Bertz CT molecular complexity index is 543. The number of anilines is 1. The van der Waals surface area contributed by atoms with Crippen LogP contribution in [0.25, 0.3) is 0 Å². The van der Waals surface area contributed by atoms with E-state index in [2.05, 4.69) is 73.7 Å². The molecule has 0 saturated carbocycles. The first-order valence-corrected chi connectivity index (χ1v) is 10.7. The van der Waals surface area contributed by atoms with E-state index in [1.165, 1.54) is 63.2 Å². The molecule has 2 aliphatic rings. The van der Waals surface area contributed by atoms with Crippen molar-refractivity contribution in [3.05, 3.63) is 29.8 Å². The molecule has 0 spiro atoms. The molecule has 0 radical (unpaired) electrons. The molecule has 0 N–H and O–H groups in total. The minimum absolute atomic E-state index is 0.617. The molecule has 2 fully saturated rings. The van der Waals surface area contributed by atoms with Crippen molar-refractivity contribution in [3.8, 4) is 0 Å². The first-order valence-electron chi connectivity index (χ1n) is 10.7. The number of piperidine rings is 1. The van der Waals surface area contributed by atoms with Gasteiger partial charge in [-0.25, -0.2) is 0 Å². The van der Waals surface area contributed by atoms with Crippen LogP contribution >= 0.6 is 0 Å². The molecule has 2 saturated heterocycles. The topological polar surface area (TPSA) is 9.72 Å². The fraction of sp³-hybridized carbons (Fsp3) is 0.739. The maximum atomic E-state index is 2.66. The highest BCUT2D eigenvalue weighted by molar-refractivity contribution is 5.49. The third kappa shape index (κ3) is 4.80. The van der Waals surface area contributed by atoms with Crippen molar-refractivity contribution in [2.75, 3.05) is 44.7 Å². The van der Waals surface area contributed by atoms with Crippen molar-refractivity contribution in [1.29, 1.82) is 0 Å². The maximum absolute atomic E-state index is 2.66. The molecule has 0 bridgehead atoms. The molecular weight excluding hydrogens is 318 g/mol. The van der Waals surface area contributed by atoms with Gasteiger partial charge in [0, 0.05) is 37.4 Å². The van der Waals surface area contributed by atoms with E-state index in [1.54, 1.807) is 0 Å². The Balaban J connectivity index is 1.47. The highest BCUT2D eigenvalue weighted by Crippen LogP contribution is 2.27. The molecule has 2 heterocycles. The lowest BCUT2D eigenvalue weighted by atomic mass is 10.0. The first kappa shape index (κ1) is 19.7. The number of likely N-dealkylation sites (tertiary alicyclic amines) is 1. The Kier molecular flexibility index (Phi) is 6.63. The monoisotopic (exact) mass is 357 g/mol. The van der Waals surface area contributed by atoms with E-state index in [1.807, 2.05) is 0 Å². The van der Waals surface area contributed by atoms with Gasteiger partial charge in [0.1, 0.15) is 0 Å². The average Bonchev–Trinajstić information content (AvgIpc) is 3.10. The van der Waals surface area contributed by atoms with Crippen LogP contribution in [0.3, 0.4) is 0 Å². The molecule has 3 nitrogen and oxygen atoms in total. The van der Waals surface area contributed by atoms with E-state index in [0.29, 0.717) is 12.0 Å². The Hall–Kier alpha value is -1.06. The summed E-state index contributed by atoms with van der Waals surface area (Å²) < 4.78 is 0. The molecule has 3 heteroatoms. The number of hydrogen-bond donors (Lipinski definition) is 0. The Morgan fingerprint density at radius 3 is 2.19 bits per heavy atom. The summed E-state index contributed by atoms with van der Waals surface area (Å²) in [4.78, 5) is 7.88. The SMILES string of the molecule is CC(C)c1ccc(N2CC[C@H](CN(C)C3CCN(C(C)C)CC3)C2)cc1. The quantitative estimate of drug-likeness (QED) is 0.745. The van der Waals surface area contributed by atoms with E-state index in [0.717, 1.165) is 12.0 Å². The molecule has 26 heavy (non-hydrogen) atoms. The Labute approximate surface area is 161 Å². The van der Waals surface area contributed by atoms with Crippen molar-refractivity contribution in [3.63, 3.8) is 0 Å². The Morgan fingerprint density at radius 2 is 1.62 bits per heavy atom. The van der Waals surface area contributed by atoms with Gasteiger partial charge in [0.2, 0.25) is 0 Å². The lowest BCUT2D eigenvalue weighted by molar-refractivity contribution is 0.100. The van der Waals surface area contributed by atoms with E-state index >= 15 is 0 Å². The van der Waals surface area contributed by atoms with Gasteiger partial charge in [0.05, 0.1) is 0 Å². The molecule has 0 unspecified atom stereocenters. The second kappa shape index (κ2) is 8.75. The van der Waals surface area contributed by atoms with Crippen LogP contribution in [-0.2, 0) is 0 Å². The number of rotatable bonds is 6. The van der Waals surface area contributed by atoms with Crippen LogP contribution in [-0.4, -0.2) is 61.7 Å². The minimum Gasteiger partial charge on any atom is -0.371 e. The van der Waals surface area contributed by atoms with E-state index in [9.17, 15) is 0 Å². The molecule has 1 aromatic carbocycles. The summed E-state index contributed by atoms with van der Waals surface area (Å²) in [5, 5.41) is 0. The van der Waals surface area contributed by atoms with Gasteiger partial charge < -0.3 is 14.7 Å². The van der Waals surface area contributed by atoms with Crippen LogP contribution in [0.15, 0.2) is 24.3 Å². The van der Waals surface area contributed by atoms with E-state index in [4.69, 9.17) is 0 Å². The molecule has 0 aliphatic carbocycles. The smallest absolute Gasteiger partial charge is 0.0366 e. The second-order valence-corrected chi connectivity index (χ2v) is 9.15. The lowest BCUT2D eigenvalue weighted by Crippen LogP contribution is -2.46. The molecule has 0 aromatic heterocycles. The van der Waals surface area contributed by atoms with Crippen LogP contribution in [0.5, 0.6) is 0 Å². The summed E-state index contributed by atoms with van der Waals surface area (Å²) in [6, 6.07) is 10.7. The summed E-state index contributed by atoms with van der Waals surface area (Å²) in [6.07, 6.45) is 4.00. The second-order valence-electron chi connectivity index (χ2n) is 9.15. The predicted molar refractivity (Wildman–Crippen MR) is 113 cm³/mol. The van der Waals surface area contributed by atoms with Crippen LogP contribution in [0, 0.1) is 5.92 Å². The highest BCUT2D eigenvalue weighted by atomic mass is 15.2. The predicted octanol–water partition coefficient (Wildman–Crippen LogP) is 4.44. The first-order chi connectivity index (χ1) is 12.4. The minimum atomic E-state index is 0.617. The molecule has 146 valence electrons. The van der Waals surface area contributed by atoms with E-state index < -0.39 is 0 Å². The zero-order valence-corrected chi connectivity index (χ0v) is 17.6. The lowest BCUT2D eigenvalue weighted by Gasteiger charge is -2.39. The summed E-state index contributed by atoms with van der Waals surface area (Å²) in [5.74, 6) is 1.43. The fourth-order valence-electron chi connectivity index (χ4n) is 4.69. The summed E-state index contributed by atoms with van der Waals surface area (Å²) in [7, 11) is 2.36. The number of hydrogen-bond acceptors (Lipinski definition) is 3. The largest absolute Gasteiger partial charge is 0.371 e. The summed E-state index contributed by atoms with van der Waals surface area (Å²) in [6.45, 7) is 15.4. The standard InChI is InChI=1S/C23H39N3/c1-18(2)21-6-8-23(9-7-21)26-13-10-20(17-26)16-24(5)22-11-14-25(15-12-22)19(3)4/h6-9,18-20,22H,10-17H2,1-5H3/t20-/m1/s1. The zero-order chi connectivity index (χ0) is 18.7. The van der Waals surface area contributed by atoms with Crippen LogP contribution in [0.4, 0.5) is 5.69 Å².